The van der Waals surface area contributed by atoms with Crippen molar-refractivity contribution in [1.82, 2.24) is 20.7 Å². The molecule has 0 spiro atoms. The van der Waals surface area contributed by atoms with Gasteiger partial charge < -0.3 is 14.5 Å². The molecule has 2 saturated heterocycles. The van der Waals surface area contributed by atoms with Gasteiger partial charge >= 0.3 is 0 Å². The van der Waals surface area contributed by atoms with Crippen LogP contribution >= 0.6 is 0 Å². The number of morpholine rings is 1. The lowest BCUT2D eigenvalue weighted by Gasteiger charge is -2.36. The number of nitrogens with zero attached hydrogens (tertiary/aromatic N) is 2. The molecule has 1 aromatic rings. The van der Waals surface area contributed by atoms with E-state index in [1.54, 1.807) is 11.9 Å². The third-order valence-electron chi connectivity index (χ3n) is 5.27. The largest absolute Gasteiger partial charge is 0.377 e. The van der Waals surface area contributed by atoms with E-state index in [1.807, 2.05) is 0 Å². The Morgan fingerprint density at radius 3 is 2.71 bits per heavy atom. The predicted molar refractivity (Wildman–Crippen MR) is 98.4 cm³/mol. The van der Waals surface area contributed by atoms with Crippen LogP contribution in [0.25, 0.3) is 0 Å². The zero-order chi connectivity index (χ0) is 20.1. The highest BCUT2D eigenvalue weighted by Gasteiger charge is 2.31. The lowest BCUT2D eigenvalue weighted by atomic mass is 10.1. The van der Waals surface area contributed by atoms with Gasteiger partial charge in [0.15, 0.2) is 11.6 Å². The van der Waals surface area contributed by atoms with Crippen molar-refractivity contribution < 1.29 is 23.1 Å². The Kier molecular flexibility index (Phi) is 6.93. The van der Waals surface area contributed by atoms with E-state index in [0.717, 1.165) is 31.6 Å². The zero-order valence-corrected chi connectivity index (χ0v) is 15.9. The van der Waals surface area contributed by atoms with E-state index in [0.29, 0.717) is 25.6 Å². The number of rotatable bonds is 6. The molecular weight excluding hydrogens is 370 g/mol. The Balaban J connectivity index is 1.59. The number of carbonyl (C=O) groups is 2. The Bertz CT molecular complexity index is 712. The number of ether oxygens (including phenoxy) is 1. The van der Waals surface area contributed by atoms with Gasteiger partial charge in [0.25, 0.3) is 5.91 Å². The fourth-order valence-electron chi connectivity index (χ4n) is 3.45. The second-order valence-corrected chi connectivity index (χ2v) is 7.29. The maximum Gasteiger partial charge on any atom is 0.254 e. The number of benzene rings is 1. The summed E-state index contributed by atoms with van der Waals surface area (Å²) >= 11 is 0. The minimum atomic E-state index is -1.07. The van der Waals surface area contributed by atoms with Crippen LogP contribution < -0.4 is 10.9 Å². The van der Waals surface area contributed by atoms with Crippen LogP contribution in [-0.4, -0.2) is 74.1 Å². The molecule has 9 heteroatoms. The van der Waals surface area contributed by atoms with E-state index in [4.69, 9.17) is 4.74 Å². The predicted octanol–water partition coefficient (Wildman–Crippen LogP) is 0.768. The molecule has 2 aliphatic heterocycles. The van der Waals surface area contributed by atoms with Gasteiger partial charge in [-0.2, -0.15) is 0 Å². The van der Waals surface area contributed by atoms with Crippen LogP contribution in [0.5, 0.6) is 0 Å². The minimum Gasteiger partial charge on any atom is -0.377 e. The number of carbonyl (C=O) groups excluding carboxylic acids is 2. The monoisotopic (exact) mass is 396 g/mol. The van der Waals surface area contributed by atoms with Gasteiger partial charge in [-0.15, -0.1) is 0 Å². The van der Waals surface area contributed by atoms with Crippen molar-refractivity contribution in [2.24, 2.45) is 5.92 Å². The summed E-state index contributed by atoms with van der Waals surface area (Å²) in [5, 5.41) is 0. The van der Waals surface area contributed by atoms with Crippen molar-refractivity contribution in [3.05, 3.63) is 35.4 Å². The molecule has 0 aliphatic carbocycles. The molecule has 3 rings (SSSR count). The molecule has 2 N–H and O–H groups in total. The molecule has 1 atom stereocenters. The van der Waals surface area contributed by atoms with E-state index in [9.17, 15) is 18.4 Å². The molecule has 0 aromatic heterocycles. The molecule has 1 unspecified atom stereocenters. The highest BCUT2D eigenvalue weighted by Crippen LogP contribution is 2.18. The molecule has 154 valence electrons. The molecule has 0 bridgehead atoms. The normalized spacial score (nSPS) is 20.4. The van der Waals surface area contributed by atoms with Gasteiger partial charge in [0.2, 0.25) is 5.91 Å². The third kappa shape index (κ3) is 5.03. The van der Waals surface area contributed by atoms with E-state index < -0.39 is 23.6 Å². The molecule has 2 fully saturated rings. The molecular formula is C19H26F2N4O3. The highest BCUT2D eigenvalue weighted by molar-refractivity contribution is 5.94. The lowest BCUT2D eigenvalue weighted by molar-refractivity contribution is -0.132. The Morgan fingerprint density at radius 2 is 2.00 bits per heavy atom. The molecule has 28 heavy (non-hydrogen) atoms. The first-order valence-electron chi connectivity index (χ1n) is 9.49. The molecule has 2 heterocycles. The summed E-state index contributed by atoms with van der Waals surface area (Å²) in [5.41, 5.74) is 6.20. The van der Waals surface area contributed by atoms with Crippen LogP contribution in [0.15, 0.2) is 18.2 Å². The maximum absolute atomic E-state index is 13.5. The standard InChI is InChI=1S/C19H26F2N4O3/c1-24(5-4-13-10-22-23-11-13)18(26)9-15-12-28-7-6-25(15)19(27)14-2-3-16(20)17(21)8-14/h2-3,8,13,15,22-23H,4-7,9-12H2,1H3. The summed E-state index contributed by atoms with van der Waals surface area (Å²) in [7, 11) is 1.75. The zero-order valence-electron chi connectivity index (χ0n) is 15.9. The summed E-state index contributed by atoms with van der Waals surface area (Å²) in [5.74, 6) is -2.08. The van der Waals surface area contributed by atoms with E-state index >= 15 is 0 Å². The van der Waals surface area contributed by atoms with Crippen molar-refractivity contribution in [2.45, 2.75) is 18.9 Å². The van der Waals surface area contributed by atoms with Crippen molar-refractivity contribution >= 4 is 11.8 Å². The second kappa shape index (κ2) is 9.40. The minimum absolute atomic E-state index is 0.0628. The molecule has 0 radical (unpaired) electrons. The average Bonchev–Trinajstić information content (AvgIpc) is 3.21. The van der Waals surface area contributed by atoms with Crippen LogP contribution in [0.3, 0.4) is 0 Å². The van der Waals surface area contributed by atoms with Crippen LogP contribution in [0.2, 0.25) is 0 Å². The lowest BCUT2D eigenvalue weighted by Crippen LogP contribution is -2.50. The number of hydrogen-bond donors (Lipinski definition) is 2. The summed E-state index contributed by atoms with van der Waals surface area (Å²) in [6.07, 6.45) is 1.02. The maximum atomic E-state index is 13.5. The summed E-state index contributed by atoms with van der Waals surface area (Å²) in [4.78, 5) is 28.6. The second-order valence-electron chi connectivity index (χ2n) is 7.29. The number of amides is 2. The Hall–Kier alpha value is -2.10. The number of nitrogens with one attached hydrogen (secondary N) is 2. The van der Waals surface area contributed by atoms with Gasteiger partial charge in [0.05, 0.1) is 19.3 Å². The number of halogens is 2. The summed E-state index contributed by atoms with van der Waals surface area (Å²) < 4.78 is 32.1. The van der Waals surface area contributed by atoms with Gasteiger partial charge in [-0.3, -0.25) is 20.4 Å². The van der Waals surface area contributed by atoms with E-state index in [2.05, 4.69) is 10.9 Å². The SMILES string of the molecule is CN(CCC1CNNC1)C(=O)CC1COCCN1C(=O)c1ccc(F)c(F)c1. The van der Waals surface area contributed by atoms with Crippen molar-refractivity contribution in [3.8, 4) is 0 Å². The quantitative estimate of drug-likeness (QED) is 0.743. The van der Waals surface area contributed by atoms with Crippen LogP contribution in [0.4, 0.5) is 8.78 Å². The van der Waals surface area contributed by atoms with Gasteiger partial charge in [-0.25, -0.2) is 8.78 Å². The fourth-order valence-corrected chi connectivity index (χ4v) is 3.45. The Morgan fingerprint density at radius 1 is 1.25 bits per heavy atom. The van der Waals surface area contributed by atoms with Crippen LogP contribution in [-0.2, 0) is 9.53 Å². The van der Waals surface area contributed by atoms with E-state index in [1.165, 1.54) is 11.0 Å². The van der Waals surface area contributed by atoms with Gasteiger partial charge in [0, 0.05) is 45.2 Å². The van der Waals surface area contributed by atoms with Crippen molar-refractivity contribution in [1.29, 1.82) is 0 Å². The summed E-state index contributed by atoms with van der Waals surface area (Å²) in [6.45, 7) is 3.30. The van der Waals surface area contributed by atoms with Crippen LogP contribution in [0.1, 0.15) is 23.2 Å². The van der Waals surface area contributed by atoms with Gasteiger partial charge in [-0.1, -0.05) is 0 Å². The van der Waals surface area contributed by atoms with Crippen molar-refractivity contribution in [2.75, 3.05) is 46.4 Å². The van der Waals surface area contributed by atoms with Crippen molar-refractivity contribution in [3.63, 3.8) is 0 Å². The van der Waals surface area contributed by atoms with Crippen LogP contribution in [0, 0.1) is 17.6 Å². The first-order chi connectivity index (χ1) is 13.5. The van der Waals surface area contributed by atoms with Gasteiger partial charge in [-0.05, 0) is 30.5 Å². The fraction of sp³-hybridized carbons (Fsp3) is 0.579. The molecule has 1 aromatic carbocycles. The number of hydrogen-bond acceptors (Lipinski definition) is 5. The Labute approximate surface area is 163 Å². The molecule has 0 saturated carbocycles. The van der Waals surface area contributed by atoms with E-state index in [-0.39, 0.29) is 24.5 Å². The molecule has 2 amide bonds. The topological polar surface area (TPSA) is 73.9 Å². The third-order valence-corrected chi connectivity index (χ3v) is 5.27. The first kappa shape index (κ1) is 20.6. The number of hydrazine groups is 1. The molecule has 2 aliphatic rings. The summed E-state index contributed by atoms with van der Waals surface area (Å²) in [6, 6.07) is 2.65. The first-order valence-corrected chi connectivity index (χ1v) is 9.49. The van der Waals surface area contributed by atoms with Gasteiger partial charge in [0.1, 0.15) is 0 Å². The highest BCUT2D eigenvalue weighted by atomic mass is 19.2. The smallest absolute Gasteiger partial charge is 0.254 e. The average molecular weight is 396 g/mol. The molecule has 7 nitrogen and oxygen atoms in total.